The highest BCUT2D eigenvalue weighted by Crippen LogP contribution is 2.09. The van der Waals surface area contributed by atoms with Crippen LogP contribution in [0, 0.1) is 11.3 Å². The predicted molar refractivity (Wildman–Crippen MR) is 51.9 cm³/mol. The van der Waals surface area contributed by atoms with Gasteiger partial charge in [-0.3, -0.25) is 5.32 Å². The van der Waals surface area contributed by atoms with Crippen LogP contribution in [0.15, 0.2) is 12.3 Å². The lowest BCUT2D eigenvalue weighted by molar-refractivity contribution is 0.155. The molecule has 1 atom stereocenters. The number of rotatable bonds is 3. The summed E-state index contributed by atoms with van der Waals surface area (Å²) in [6, 6.07) is 3.63. The van der Waals surface area contributed by atoms with Gasteiger partial charge in [-0.1, -0.05) is 0 Å². The Kier molecular flexibility index (Phi) is 3.40. The number of aliphatic hydroxyl groups is 1. The summed E-state index contributed by atoms with van der Waals surface area (Å²) >= 11 is 0. The maximum absolute atomic E-state index is 9.01. The van der Waals surface area contributed by atoms with Crippen molar-refractivity contribution in [3.8, 4) is 6.07 Å². The summed E-state index contributed by atoms with van der Waals surface area (Å²) in [5.74, 6) is 0.367. The summed E-state index contributed by atoms with van der Waals surface area (Å²) in [5.41, 5.74) is 6.68. The van der Waals surface area contributed by atoms with Gasteiger partial charge < -0.3 is 10.8 Å². The Balaban J connectivity index is 2.84. The van der Waals surface area contributed by atoms with Gasteiger partial charge >= 0.3 is 0 Å². The van der Waals surface area contributed by atoms with Crippen molar-refractivity contribution in [2.45, 2.75) is 19.7 Å². The number of nitriles is 1. The van der Waals surface area contributed by atoms with Crippen LogP contribution >= 0.6 is 0 Å². The lowest BCUT2D eigenvalue weighted by Crippen LogP contribution is -2.25. The van der Waals surface area contributed by atoms with Crippen LogP contribution < -0.4 is 11.1 Å². The third-order valence-corrected chi connectivity index (χ3v) is 1.72. The summed E-state index contributed by atoms with van der Waals surface area (Å²) in [4.78, 5) is 3.80. The first-order valence-electron chi connectivity index (χ1n) is 4.19. The summed E-state index contributed by atoms with van der Waals surface area (Å²) < 4.78 is 0. The fourth-order valence-corrected chi connectivity index (χ4v) is 1.02. The number of anilines is 1. The molecular formula is C9H12N4O. The monoisotopic (exact) mass is 192 g/mol. The van der Waals surface area contributed by atoms with Crippen molar-refractivity contribution in [2.24, 2.45) is 0 Å². The third kappa shape index (κ3) is 2.69. The Bertz CT molecular complexity index is 356. The first-order chi connectivity index (χ1) is 6.63. The highest BCUT2D eigenvalue weighted by atomic mass is 16.3. The number of nitrogens with zero attached hydrogens (tertiary/aromatic N) is 2. The summed E-state index contributed by atoms with van der Waals surface area (Å²) in [6.07, 6.45) is 0.810. The van der Waals surface area contributed by atoms with Crippen molar-refractivity contribution in [1.29, 1.82) is 5.26 Å². The number of aromatic nitrogens is 1. The van der Waals surface area contributed by atoms with E-state index in [4.69, 9.17) is 16.1 Å². The third-order valence-electron chi connectivity index (χ3n) is 1.72. The number of nitrogen functional groups attached to an aromatic ring is 1. The van der Waals surface area contributed by atoms with Gasteiger partial charge in [0.25, 0.3) is 0 Å². The fourth-order valence-electron chi connectivity index (χ4n) is 1.02. The van der Waals surface area contributed by atoms with Crippen LogP contribution in [0.3, 0.4) is 0 Å². The van der Waals surface area contributed by atoms with Gasteiger partial charge in [0.1, 0.15) is 18.1 Å². The molecule has 0 aliphatic carbocycles. The average molecular weight is 192 g/mol. The van der Waals surface area contributed by atoms with Gasteiger partial charge in [-0.15, -0.1) is 0 Å². The zero-order valence-corrected chi connectivity index (χ0v) is 7.86. The normalized spacial score (nSPS) is 12.1. The lowest BCUT2D eigenvalue weighted by Gasteiger charge is -2.08. The van der Waals surface area contributed by atoms with Gasteiger partial charge in [0.05, 0.1) is 5.56 Å². The second-order valence-electron chi connectivity index (χ2n) is 2.93. The van der Waals surface area contributed by atoms with Crippen molar-refractivity contribution in [3.05, 3.63) is 23.4 Å². The molecule has 0 radical (unpaired) electrons. The van der Waals surface area contributed by atoms with E-state index in [0.717, 1.165) is 5.56 Å². The number of pyridine rings is 1. The molecular weight excluding hydrogens is 180 g/mol. The molecule has 0 saturated carbocycles. The molecule has 0 bridgehead atoms. The number of nitrogens with one attached hydrogen (secondary N) is 1. The van der Waals surface area contributed by atoms with Gasteiger partial charge in [0.2, 0.25) is 0 Å². The van der Waals surface area contributed by atoms with E-state index < -0.39 is 6.23 Å². The SMILES string of the molecule is CC(O)NCc1cc(N)ncc1C#N. The highest BCUT2D eigenvalue weighted by Gasteiger charge is 2.04. The Morgan fingerprint density at radius 1 is 1.79 bits per heavy atom. The molecule has 1 aromatic rings. The van der Waals surface area contributed by atoms with E-state index in [1.165, 1.54) is 6.20 Å². The Labute approximate surface area is 82.2 Å². The first-order valence-corrected chi connectivity index (χ1v) is 4.19. The molecule has 1 aromatic heterocycles. The van der Waals surface area contributed by atoms with Crippen LogP contribution in [0.1, 0.15) is 18.1 Å². The van der Waals surface area contributed by atoms with Crippen LogP contribution in [0.25, 0.3) is 0 Å². The number of hydrogen-bond acceptors (Lipinski definition) is 5. The molecule has 1 unspecified atom stereocenters. The second kappa shape index (κ2) is 4.56. The molecule has 0 amide bonds. The molecule has 5 heteroatoms. The molecule has 4 N–H and O–H groups in total. The van der Waals surface area contributed by atoms with Crippen LogP contribution in [0.5, 0.6) is 0 Å². The topological polar surface area (TPSA) is 95.0 Å². The molecule has 0 aliphatic rings. The van der Waals surface area contributed by atoms with Crippen molar-refractivity contribution < 1.29 is 5.11 Å². The smallest absolute Gasteiger partial charge is 0.123 e. The van der Waals surface area contributed by atoms with Gasteiger partial charge in [-0.2, -0.15) is 5.26 Å². The van der Waals surface area contributed by atoms with Crippen LogP contribution in [-0.2, 0) is 6.54 Å². The summed E-state index contributed by atoms with van der Waals surface area (Å²) in [7, 11) is 0. The molecule has 1 rings (SSSR count). The zero-order valence-electron chi connectivity index (χ0n) is 7.86. The standard InChI is InChI=1S/C9H12N4O/c1-6(14)12-4-7-2-9(11)13-5-8(7)3-10/h2,5-6,12,14H,4H2,1H3,(H2,11,13). The molecule has 0 saturated heterocycles. The number of nitrogens with two attached hydrogens (primary N) is 1. The number of aliphatic hydroxyl groups excluding tert-OH is 1. The average Bonchev–Trinajstić information content (AvgIpc) is 2.15. The van der Waals surface area contributed by atoms with Gasteiger partial charge in [0, 0.05) is 12.7 Å². The minimum Gasteiger partial charge on any atom is -0.384 e. The first kappa shape index (κ1) is 10.4. The molecule has 1 heterocycles. The highest BCUT2D eigenvalue weighted by molar-refractivity contribution is 5.42. The maximum Gasteiger partial charge on any atom is 0.123 e. The minimum absolute atomic E-state index is 0.367. The summed E-state index contributed by atoms with van der Waals surface area (Å²) in [6.45, 7) is 2.00. The Hall–Kier alpha value is -1.64. The van der Waals surface area contributed by atoms with Gasteiger partial charge in [-0.25, -0.2) is 4.98 Å². The lowest BCUT2D eigenvalue weighted by atomic mass is 10.1. The minimum atomic E-state index is -0.615. The van der Waals surface area contributed by atoms with E-state index in [0.29, 0.717) is 17.9 Å². The van der Waals surface area contributed by atoms with Crippen LogP contribution in [-0.4, -0.2) is 16.3 Å². The van der Waals surface area contributed by atoms with Gasteiger partial charge in [0.15, 0.2) is 0 Å². The number of hydrogen-bond donors (Lipinski definition) is 3. The Morgan fingerprint density at radius 2 is 2.50 bits per heavy atom. The van der Waals surface area contributed by atoms with Gasteiger partial charge in [-0.05, 0) is 18.6 Å². The molecule has 5 nitrogen and oxygen atoms in total. The Morgan fingerprint density at radius 3 is 3.07 bits per heavy atom. The second-order valence-corrected chi connectivity index (χ2v) is 2.93. The fraction of sp³-hybridized carbons (Fsp3) is 0.333. The van der Waals surface area contributed by atoms with Crippen LogP contribution in [0.4, 0.5) is 5.82 Å². The molecule has 14 heavy (non-hydrogen) atoms. The van der Waals surface area contributed by atoms with E-state index in [2.05, 4.69) is 10.3 Å². The van der Waals surface area contributed by atoms with E-state index >= 15 is 0 Å². The molecule has 0 fully saturated rings. The van der Waals surface area contributed by atoms with Crippen molar-refractivity contribution >= 4 is 5.82 Å². The van der Waals surface area contributed by atoms with Crippen molar-refractivity contribution in [3.63, 3.8) is 0 Å². The van der Waals surface area contributed by atoms with E-state index in [-0.39, 0.29) is 0 Å². The largest absolute Gasteiger partial charge is 0.384 e. The van der Waals surface area contributed by atoms with Crippen molar-refractivity contribution in [2.75, 3.05) is 5.73 Å². The maximum atomic E-state index is 9.01. The molecule has 74 valence electrons. The van der Waals surface area contributed by atoms with E-state index in [1.807, 2.05) is 6.07 Å². The van der Waals surface area contributed by atoms with E-state index in [1.54, 1.807) is 13.0 Å². The van der Waals surface area contributed by atoms with Crippen LogP contribution in [0.2, 0.25) is 0 Å². The summed E-state index contributed by atoms with van der Waals surface area (Å²) in [5, 5.41) is 20.5. The molecule has 0 spiro atoms. The molecule has 0 aromatic carbocycles. The zero-order chi connectivity index (χ0) is 10.6. The molecule has 0 aliphatic heterocycles. The quantitative estimate of drug-likeness (QED) is 0.584. The van der Waals surface area contributed by atoms with Crippen molar-refractivity contribution in [1.82, 2.24) is 10.3 Å². The predicted octanol–water partition coefficient (Wildman–Crippen LogP) is -0.0366. The van der Waals surface area contributed by atoms with E-state index in [9.17, 15) is 0 Å².